The van der Waals surface area contributed by atoms with Gasteiger partial charge < -0.3 is 9.69 Å². The van der Waals surface area contributed by atoms with Gasteiger partial charge in [-0.3, -0.25) is 0 Å². The molecule has 1 unspecified atom stereocenters. The van der Waals surface area contributed by atoms with Gasteiger partial charge >= 0.3 is 0 Å². The second kappa shape index (κ2) is 5.46. The normalized spacial score (nSPS) is 22.7. The standard InChI is InChI=1S/C17H25NO/c1-16(2)10-7-11-18(12-16)13-17(3,14-19)15-8-5-4-6-9-15/h4-6,8-9,14H,7,10-13H2,1-3H3. The van der Waals surface area contributed by atoms with Crippen LogP contribution in [0.25, 0.3) is 0 Å². The predicted molar refractivity (Wildman–Crippen MR) is 79.3 cm³/mol. The zero-order valence-corrected chi connectivity index (χ0v) is 12.4. The van der Waals surface area contributed by atoms with E-state index >= 15 is 0 Å². The Morgan fingerprint density at radius 1 is 1.32 bits per heavy atom. The molecule has 1 aromatic carbocycles. The smallest absolute Gasteiger partial charge is 0.131 e. The fourth-order valence-electron chi connectivity index (χ4n) is 3.16. The number of likely N-dealkylation sites (tertiary alicyclic amines) is 1. The number of nitrogens with zero attached hydrogens (tertiary/aromatic N) is 1. The van der Waals surface area contributed by atoms with Gasteiger partial charge in [-0.1, -0.05) is 44.2 Å². The highest BCUT2D eigenvalue weighted by Gasteiger charge is 2.33. The number of hydrogen-bond acceptors (Lipinski definition) is 2. The van der Waals surface area contributed by atoms with E-state index in [4.69, 9.17) is 0 Å². The van der Waals surface area contributed by atoms with Gasteiger partial charge in [0.2, 0.25) is 0 Å². The molecule has 0 amide bonds. The molecule has 2 nitrogen and oxygen atoms in total. The SMILES string of the molecule is CC1(C)CCCN(CC(C)(C=O)c2ccccc2)C1. The number of carbonyl (C=O) groups excluding carboxylic acids is 1. The Morgan fingerprint density at radius 2 is 2.00 bits per heavy atom. The second-order valence-corrected chi connectivity index (χ2v) is 6.88. The Bertz CT molecular complexity index is 426. The van der Waals surface area contributed by atoms with Crippen LogP contribution in [0.3, 0.4) is 0 Å². The summed E-state index contributed by atoms with van der Waals surface area (Å²) >= 11 is 0. The van der Waals surface area contributed by atoms with Crippen LogP contribution >= 0.6 is 0 Å². The Morgan fingerprint density at radius 3 is 2.58 bits per heavy atom. The summed E-state index contributed by atoms with van der Waals surface area (Å²) < 4.78 is 0. The van der Waals surface area contributed by atoms with E-state index in [1.54, 1.807) is 0 Å². The first-order valence-electron chi connectivity index (χ1n) is 7.19. The Kier molecular flexibility index (Phi) is 4.10. The molecule has 19 heavy (non-hydrogen) atoms. The summed E-state index contributed by atoms with van der Waals surface area (Å²) in [6, 6.07) is 10.1. The topological polar surface area (TPSA) is 20.3 Å². The number of hydrogen-bond donors (Lipinski definition) is 0. The maximum atomic E-state index is 11.6. The van der Waals surface area contributed by atoms with E-state index in [2.05, 4.69) is 37.8 Å². The third kappa shape index (κ3) is 3.44. The van der Waals surface area contributed by atoms with E-state index in [9.17, 15) is 4.79 Å². The third-order valence-electron chi connectivity index (χ3n) is 4.22. The highest BCUT2D eigenvalue weighted by atomic mass is 16.1. The van der Waals surface area contributed by atoms with E-state index in [0.29, 0.717) is 5.41 Å². The maximum Gasteiger partial charge on any atom is 0.131 e. The molecule has 1 aliphatic rings. The summed E-state index contributed by atoms with van der Waals surface area (Å²) in [6.45, 7) is 9.71. The minimum atomic E-state index is -0.394. The summed E-state index contributed by atoms with van der Waals surface area (Å²) in [5.41, 5.74) is 1.10. The van der Waals surface area contributed by atoms with Gasteiger partial charge in [0.25, 0.3) is 0 Å². The molecule has 0 bridgehead atoms. The molecule has 1 fully saturated rings. The first-order chi connectivity index (χ1) is 8.95. The molecule has 1 heterocycles. The highest BCUT2D eigenvalue weighted by Crippen LogP contribution is 2.31. The zero-order valence-electron chi connectivity index (χ0n) is 12.4. The van der Waals surface area contributed by atoms with Gasteiger partial charge in [0.15, 0.2) is 0 Å². The molecule has 0 saturated carbocycles. The lowest BCUT2D eigenvalue weighted by Crippen LogP contribution is -2.47. The Labute approximate surface area is 116 Å². The molecule has 1 aliphatic heterocycles. The fraction of sp³-hybridized carbons (Fsp3) is 0.588. The molecule has 1 saturated heterocycles. The van der Waals surface area contributed by atoms with Crippen molar-refractivity contribution in [1.82, 2.24) is 4.90 Å². The lowest BCUT2D eigenvalue weighted by Gasteiger charge is -2.41. The van der Waals surface area contributed by atoms with Crippen molar-refractivity contribution in [3.63, 3.8) is 0 Å². The van der Waals surface area contributed by atoms with Crippen molar-refractivity contribution in [2.75, 3.05) is 19.6 Å². The number of rotatable bonds is 4. The summed E-state index contributed by atoms with van der Waals surface area (Å²) in [7, 11) is 0. The van der Waals surface area contributed by atoms with Crippen LogP contribution < -0.4 is 0 Å². The average Bonchev–Trinajstić information content (AvgIpc) is 2.38. The fourth-order valence-corrected chi connectivity index (χ4v) is 3.16. The van der Waals surface area contributed by atoms with Crippen LogP contribution in [0, 0.1) is 5.41 Å². The van der Waals surface area contributed by atoms with Crippen LogP contribution in [0.2, 0.25) is 0 Å². The quantitative estimate of drug-likeness (QED) is 0.774. The van der Waals surface area contributed by atoms with Gasteiger partial charge in [-0.25, -0.2) is 0 Å². The average molecular weight is 259 g/mol. The molecular weight excluding hydrogens is 234 g/mol. The second-order valence-electron chi connectivity index (χ2n) is 6.88. The van der Waals surface area contributed by atoms with Crippen LogP contribution in [0.1, 0.15) is 39.2 Å². The van der Waals surface area contributed by atoms with Crippen molar-refractivity contribution in [2.45, 2.75) is 39.0 Å². The molecular formula is C17H25NO. The van der Waals surface area contributed by atoms with Gasteiger partial charge in [-0.2, -0.15) is 0 Å². The first kappa shape index (κ1) is 14.3. The third-order valence-corrected chi connectivity index (χ3v) is 4.22. The van der Waals surface area contributed by atoms with Gasteiger partial charge in [0.05, 0.1) is 5.41 Å². The minimum Gasteiger partial charge on any atom is -0.302 e. The van der Waals surface area contributed by atoms with E-state index < -0.39 is 5.41 Å². The lowest BCUT2D eigenvalue weighted by molar-refractivity contribution is -0.113. The van der Waals surface area contributed by atoms with E-state index in [0.717, 1.165) is 31.5 Å². The first-order valence-corrected chi connectivity index (χ1v) is 7.19. The van der Waals surface area contributed by atoms with E-state index in [1.807, 2.05) is 18.2 Å². The van der Waals surface area contributed by atoms with E-state index in [1.165, 1.54) is 12.8 Å². The predicted octanol–water partition coefficient (Wildman–Crippen LogP) is 3.27. The van der Waals surface area contributed by atoms with Crippen LogP contribution in [0.4, 0.5) is 0 Å². The molecule has 2 rings (SSSR count). The van der Waals surface area contributed by atoms with Crippen LogP contribution in [0.5, 0.6) is 0 Å². The summed E-state index contributed by atoms with van der Waals surface area (Å²) in [5, 5.41) is 0. The zero-order chi connectivity index (χ0) is 13.9. The molecule has 0 aromatic heterocycles. The number of piperidine rings is 1. The Balaban J connectivity index is 2.13. The van der Waals surface area contributed by atoms with Crippen molar-refractivity contribution in [2.24, 2.45) is 5.41 Å². The monoisotopic (exact) mass is 259 g/mol. The maximum absolute atomic E-state index is 11.6. The molecule has 104 valence electrons. The number of carbonyl (C=O) groups is 1. The van der Waals surface area contributed by atoms with Gasteiger partial charge in [0.1, 0.15) is 6.29 Å². The van der Waals surface area contributed by atoms with E-state index in [-0.39, 0.29) is 0 Å². The molecule has 0 spiro atoms. The number of benzene rings is 1. The van der Waals surface area contributed by atoms with Crippen LogP contribution in [0.15, 0.2) is 30.3 Å². The van der Waals surface area contributed by atoms with Gasteiger partial charge in [-0.05, 0) is 37.3 Å². The lowest BCUT2D eigenvalue weighted by atomic mass is 9.80. The molecule has 1 atom stereocenters. The Hall–Kier alpha value is -1.15. The summed E-state index contributed by atoms with van der Waals surface area (Å²) in [4.78, 5) is 14.1. The minimum absolute atomic E-state index is 0.374. The van der Waals surface area contributed by atoms with Crippen molar-refractivity contribution >= 4 is 6.29 Å². The molecule has 1 aromatic rings. The van der Waals surface area contributed by atoms with Crippen molar-refractivity contribution < 1.29 is 4.79 Å². The number of aldehydes is 1. The van der Waals surface area contributed by atoms with Crippen molar-refractivity contribution in [3.8, 4) is 0 Å². The highest BCUT2D eigenvalue weighted by molar-refractivity contribution is 5.68. The van der Waals surface area contributed by atoms with Gasteiger partial charge in [0, 0.05) is 13.1 Å². The van der Waals surface area contributed by atoms with Crippen molar-refractivity contribution in [3.05, 3.63) is 35.9 Å². The van der Waals surface area contributed by atoms with Crippen molar-refractivity contribution in [1.29, 1.82) is 0 Å². The molecule has 2 heteroatoms. The molecule has 0 aliphatic carbocycles. The molecule has 0 radical (unpaired) electrons. The largest absolute Gasteiger partial charge is 0.302 e. The summed E-state index contributed by atoms with van der Waals surface area (Å²) in [5.74, 6) is 0. The summed E-state index contributed by atoms with van der Waals surface area (Å²) in [6.07, 6.45) is 3.63. The van der Waals surface area contributed by atoms with Crippen LogP contribution in [-0.2, 0) is 10.2 Å². The van der Waals surface area contributed by atoms with Crippen LogP contribution in [-0.4, -0.2) is 30.8 Å². The van der Waals surface area contributed by atoms with Gasteiger partial charge in [-0.15, -0.1) is 0 Å². The molecule has 0 N–H and O–H groups in total.